The maximum atomic E-state index is 5.78. The highest BCUT2D eigenvalue weighted by molar-refractivity contribution is 7.12. The van der Waals surface area contributed by atoms with Gasteiger partial charge in [-0.25, -0.2) is 9.67 Å². The van der Waals surface area contributed by atoms with Crippen molar-refractivity contribution in [1.82, 2.24) is 14.8 Å². The first-order valence-corrected chi connectivity index (χ1v) is 6.50. The molecule has 2 aromatic heterocycles. The first-order valence-electron chi connectivity index (χ1n) is 5.62. The fraction of sp³-hybridized carbons (Fsp3) is 0.0769. The molecule has 0 radical (unpaired) electrons. The van der Waals surface area contributed by atoms with E-state index in [4.69, 9.17) is 5.73 Å². The molecule has 0 atom stereocenters. The van der Waals surface area contributed by atoms with Crippen molar-refractivity contribution in [2.75, 3.05) is 0 Å². The minimum atomic E-state index is 0.468. The molecule has 0 bridgehead atoms. The Labute approximate surface area is 109 Å². The zero-order valence-electron chi connectivity index (χ0n) is 9.65. The molecule has 0 aliphatic carbocycles. The van der Waals surface area contributed by atoms with Crippen LogP contribution in [-0.4, -0.2) is 14.8 Å². The van der Waals surface area contributed by atoms with Crippen LogP contribution in [0.25, 0.3) is 16.4 Å². The van der Waals surface area contributed by atoms with Gasteiger partial charge in [0.05, 0.1) is 11.9 Å². The van der Waals surface area contributed by atoms with Gasteiger partial charge in [-0.2, -0.15) is 5.10 Å². The van der Waals surface area contributed by atoms with Crippen molar-refractivity contribution < 1.29 is 0 Å². The molecule has 0 saturated heterocycles. The first kappa shape index (κ1) is 11.1. The number of nitrogens with two attached hydrogens (primary N) is 1. The lowest BCUT2D eigenvalue weighted by atomic mass is 10.1. The number of thiazole rings is 1. The van der Waals surface area contributed by atoms with E-state index >= 15 is 0 Å². The van der Waals surface area contributed by atoms with Crippen LogP contribution in [-0.2, 0) is 6.54 Å². The molecule has 0 amide bonds. The number of hydrogen-bond donors (Lipinski definition) is 1. The van der Waals surface area contributed by atoms with Crippen LogP contribution in [0.1, 0.15) is 5.56 Å². The summed E-state index contributed by atoms with van der Waals surface area (Å²) in [5.41, 5.74) is 8.93. The van der Waals surface area contributed by atoms with Gasteiger partial charge in [-0.3, -0.25) is 0 Å². The van der Waals surface area contributed by atoms with E-state index in [0.717, 1.165) is 22.0 Å². The molecule has 90 valence electrons. The highest BCUT2D eigenvalue weighted by Gasteiger charge is 2.14. The van der Waals surface area contributed by atoms with E-state index in [-0.39, 0.29) is 0 Å². The molecular weight excluding hydrogens is 244 g/mol. The molecule has 1 aromatic carbocycles. The highest BCUT2D eigenvalue weighted by atomic mass is 32.1. The van der Waals surface area contributed by atoms with Gasteiger partial charge in [0.25, 0.3) is 0 Å². The number of hydrogen-bond acceptors (Lipinski definition) is 4. The normalized spacial score (nSPS) is 10.7. The van der Waals surface area contributed by atoms with E-state index in [1.807, 2.05) is 34.5 Å². The third kappa shape index (κ3) is 1.83. The molecule has 3 rings (SSSR count). The van der Waals surface area contributed by atoms with E-state index in [1.165, 1.54) is 0 Å². The molecule has 0 aliphatic heterocycles. The molecule has 5 heteroatoms. The Hall–Kier alpha value is -1.98. The van der Waals surface area contributed by atoms with Gasteiger partial charge < -0.3 is 5.73 Å². The molecule has 18 heavy (non-hydrogen) atoms. The Kier molecular flexibility index (Phi) is 2.92. The quantitative estimate of drug-likeness (QED) is 0.783. The van der Waals surface area contributed by atoms with E-state index in [9.17, 15) is 0 Å². The van der Waals surface area contributed by atoms with Crippen molar-refractivity contribution in [3.8, 4) is 16.4 Å². The highest BCUT2D eigenvalue weighted by Crippen LogP contribution is 2.26. The minimum absolute atomic E-state index is 0.468. The Bertz CT molecular complexity index is 628. The van der Waals surface area contributed by atoms with Crippen LogP contribution in [0.5, 0.6) is 0 Å². The van der Waals surface area contributed by atoms with Gasteiger partial charge in [-0.15, -0.1) is 11.3 Å². The summed E-state index contributed by atoms with van der Waals surface area (Å²) in [6, 6.07) is 10.1. The Morgan fingerprint density at radius 3 is 2.72 bits per heavy atom. The summed E-state index contributed by atoms with van der Waals surface area (Å²) in [7, 11) is 0. The zero-order chi connectivity index (χ0) is 12.4. The Balaban J connectivity index is 2.20. The van der Waals surface area contributed by atoms with Gasteiger partial charge >= 0.3 is 0 Å². The molecule has 2 N–H and O–H groups in total. The second-order valence-electron chi connectivity index (χ2n) is 3.82. The van der Waals surface area contributed by atoms with E-state index in [0.29, 0.717) is 6.54 Å². The van der Waals surface area contributed by atoms with Gasteiger partial charge in [0, 0.05) is 29.2 Å². The summed E-state index contributed by atoms with van der Waals surface area (Å²) in [6.45, 7) is 0.468. The monoisotopic (exact) mass is 256 g/mol. The second-order valence-corrected chi connectivity index (χ2v) is 4.69. The van der Waals surface area contributed by atoms with Gasteiger partial charge in [-0.1, -0.05) is 30.3 Å². The van der Waals surface area contributed by atoms with E-state index in [1.54, 1.807) is 17.5 Å². The summed E-state index contributed by atoms with van der Waals surface area (Å²) in [4.78, 5) is 4.30. The van der Waals surface area contributed by atoms with Crippen molar-refractivity contribution in [2.24, 2.45) is 5.73 Å². The van der Waals surface area contributed by atoms with Gasteiger partial charge in [0.1, 0.15) is 0 Å². The predicted octanol–water partition coefficient (Wildman–Crippen LogP) is 2.45. The van der Waals surface area contributed by atoms with Crippen molar-refractivity contribution in [2.45, 2.75) is 6.54 Å². The summed E-state index contributed by atoms with van der Waals surface area (Å²) in [5, 5.41) is 7.18. The maximum absolute atomic E-state index is 5.78. The second kappa shape index (κ2) is 4.72. The zero-order valence-corrected chi connectivity index (χ0v) is 10.5. The lowest BCUT2D eigenvalue weighted by Gasteiger charge is -2.06. The summed E-state index contributed by atoms with van der Waals surface area (Å²) in [5.74, 6) is 0. The van der Waals surface area contributed by atoms with Crippen LogP contribution in [0.2, 0.25) is 0 Å². The van der Waals surface area contributed by atoms with Gasteiger partial charge in [0.15, 0.2) is 0 Å². The molecular formula is C13H12N4S. The Morgan fingerprint density at radius 1 is 1.22 bits per heavy atom. The van der Waals surface area contributed by atoms with Crippen LogP contribution in [0, 0.1) is 0 Å². The lowest BCUT2D eigenvalue weighted by Crippen LogP contribution is -2.02. The number of rotatable bonds is 3. The number of benzene rings is 1. The maximum Gasteiger partial charge on any atom is 0.210 e. The van der Waals surface area contributed by atoms with E-state index in [2.05, 4.69) is 22.2 Å². The molecule has 0 fully saturated rings. The third-order valence-electron chi connectivity index (χ3n) is 2.71. The van der Waals surface area contributed by atoms with Crippen LogP contribution in [0.3, 0.4) is 0 Å². The lowest BCUT2D eigenvalue weighted by molar-refractivity contribution is 0.876. The van der Waals surface area contributed by atoms with Gasteiger partial charge in [0.2, 0.25) is 5.13 Å². The topological polar surface area (TPSA) is 56.7 Å². The fourth-order valence-electron chi connectivity index (χ4n) is 1.90. The van der Waals surface area contributed by atoms with E-state index < -0.39 is 0 Å². The summed E-state index contributed by atoms with van der Waals surface area (Å²) >= 11 is 1.56. The first-order chi connectivity index (χ1) is 8.90. The van der Waals surface area contributed by atoms with Gasteiger partial charge in [-0.05, 0) is 0 Å². The van der Waals surface area contributed by atoms with Crippen molar-refractivity contribution >= 4 is 11.3 Å². The standard InChI is InChI=1S/C13H12N4S/c14-8-11-9-16-17(13-15-6-7-18-13)12(11)10-4-2-1-3-5-10/h1-7,9H,8,14H2. The van der Waals surface area contributed by atoms with Crippen molar-refractivity contribution in [3.05, 3.63) is 53.7 Å². The number of nitrogens with zero attached hydrogens (tertiary/aromatic N) is 3. The molecule has 4 nitrogen and oxygen atoms in total. The van der Waals surface area contributed by atoms with Crippen molar-refractivity contribution in [3.63, 3.8) is 0 Å². The summed E-state index contributed by atoms with van der Waals surface area (Å²) in [6.07, 6.45) is 3.59. The minimum Gasteiger partial charge on any atom is -0.326 e. The average molecular weight is 256 g/mol. The molecule has 0 saturated carbocycles. The van der Waals surface area contributed by atoms with Crippen LogP contribution < -0.4 is 5.73 Å². The largest absolute Gasteiger partial charge is 0.326 e. The Morgan fingerprint density at radius 2 is 2.06 bits per heavy atom. The predicted molar refractivity (Wildman–Crippen MR) is 72.6 cm³/mol. The van der Waals surface area contributed by atoms with Crippen molar-refractivity contribution in [1.29, 1.82) is 0 Å². The molecule has 0 unspecified atom stereocenters. The fourth-order valence-corrected chi connectivity index (χ4v) is 2.50. The molecule has 3 aromatic rings. The van der Waals surface area contributed by atoms with Crippen LogP contribution in [0.15, 0.2) is 48.1 Å². The average Bonchev–Trinajstić information content (AvgIpc) is 3.08. The molecule has 0 spiro atoms. The third-order valence-corrected chi connectivity index (χ3v) is 3.46. The molecule has 0 aliphatic rings. The SMILES string of the molecule is NCc1cnn(-c2nccs2)c1-c1ccccc1. The molecule has 2 heterocycles. The smallest absolute Gasteiger partial charge is 0.210 e. The number of aromatic nitrogens is 3. The van der Waals surface area contributed by atoms with Crippen LogP contribution in [0.4, 0.5) is 0 Å². The van der Waals surface area contributed by atoms with Crippen LogP contribution >= 0.6 is 11.3 Å². The summed E-state index contributed by atoms with van der Waals surface area (Å²) < 4.78 is 1.85.